The summed E-state index contributed by atoms with van der Waals surface area (Å²) < 4.78 is 0. The number of aryl methyl sites for hydroxylation is 1. The first-order valence-electron chi connectivity index (χ1n) is 7.93. The Morgan fingerprint density at radius 3 is 2.81 bits per heavy atom. The van der Waals surface area contributed by atoms with Crippen molar-refractivity contribution in [3.63, 3.8) is 0 Å². The van der Waals surface area contributed by atoms with Crippen LogP contribution in [0.3, 0.4) is 0 Å². The van der Waals surface area contributed by atoms with Crippen LogP contribution in [0.2, 0.25) is 0 Å². The second kappa shape index (κ2) is 8.15. The molecule has 1 atom stereocenters. The van der Waals surface area contributed by atoms with Crippen LogP contribution in [0.4, 0.5) is 5.69 Å². The predicted molar refractivity (Wildman–Crippen MR) is 85.3 cm³/mol. The van der Waals surface area contributed by atoms with Crippen LogP contribution in [0.25, 0.3) is 0 Å². The van der Waals surface area contributed by atoms with E-state index in [4.69, 9.17) is 0 Å². The van der Waals surface area contributed by atoms with Gasteiger partial charge in [0.15, 0.2) is 0 Å². The van der Waals surface area contributed by atoms with Crippen LogP contribution in [-0.2, 0) is 11.2 Å². The van der Waals surface area contributed by atoms with Gasteiger partial charge in [-0.15, -0.1) is 0 Å². The molecule has 2 N–H and O–H groups in total. The van der Waals surface area contributed by atoms with E-state index in [1.165, 1.54) is 5.56 Å². The van der Waals surface area contributed by atoms with E-state index in [9.17, 15) is 9.90 Å². The SMILES string of the molecule is CCCc1ccc(NC(=O)CN2CCCC(CO)C2)cc1. The van der Waals surface area contributed by atoms with Crippen molar-refractivity contribution in [3.8, 4) is 0 Å². The second-order valence-electron chi connectivity index (χ2n) is 5.92. The molecule has 1 aliphatic rings. The molecule has 1 fully saturated rings. The van der Waals surface area contributed by atoms with Crippen molar-refractivity contribution in [1.82, 2.24) is 4.90 Å². The molecule has 1 aliphatic heterocycles. The summed E-state index contributed by atoms with van der Waals surface area (Å²) >= 11 is 0. The van der Waals surface area contributed by atoms with Crippen LogP contribution in [0, 0.1) is 5.92 Å². The maximum atomic E-state index is 12.1. The summed E-state index contributed by atoms with van der Waals surface area (Å²) in [4.78, 5) is 14.2. The number of carbonyl (C=O) groups excluding carboxylic acids is 1. The standard InChI is InChI=1S/C17H26N2O2/c1-2-4-14-6-8-16(9-7-14)18-17(21)12-19-10-3-5-15(11-19)13-20/h6-9,15,20H,2-5,10-13H2,1H3,(H,18,21). The molecule has 0 bridgehead atoms. The van der Waals surface area contributed by atoms with Crippen LogP contribution >= 0.6 is 0 Å². The quantitative estimate of drug-likeness (QED) is 0.845. The first kappa shape index (κ1) is 16.0. The molecule has 4 nitrogen and oxygen atoms in total. The number of aliphatic hydroxyl groups is 1. The van der Waals surface area contributed by atoms with E-state index in [1.807, 2.05) is 12.1 Å². The van der Waals surface area contributed by atoms with Crippen molar-refractivity contribution in [1.29, 1.82) is 0 Å². The average molecular weight is 290 g/mol. The Morgan fingerprint density at radius 2 is 2.14 bits per heavy atom. The summed E-state index contributed by atoms with van der Waals surface area (Å²) in [6, 6.07) is 8.08. The predicted octanol–water partition coefficient (Wildman–Crippen LogP) is 2.28. The van der Waals surface area contributed by atoms with Crippen molar-refractivity contribution < 1.29 is 9.90 Å². The molecule has 0 aliphatic carbocycles. The lowest BCUT2D eigenvalue weighted by atomic mass is 9.99. The van der Waals surface area contributed by atoms with E-state index in [2.05, 4.69) is 29.3 Å². The molecule has 1 aromatic carbocycles. The second-order valence-corrected chi connectivity index (χ2v) is 5.92. The zero-order chi connectivity index (χ0) is 15.1. The maximum Gasteiger partial charge on any atom is 0.238 e. The van der Waals surface area contributed by atoms with E-state index in [1.54, 1.807) is 0 Å². The van der Waals surface area contributed by atoms with E-state index >= 15 is 0 Å². The van der Waals surface area contributed by atoms with E-state index in [0.29, 0.717) is 12.5 Å². The van der Waals surface area contributed by atoms with Gasteiger partial charge in [0.2, 0.25) is 5.91 Å². The van der Waals surface area contributed by atoms with Gasteiger partial charge in [0.05, 0.1) is 6.54 Å². The van der Waals surface area contributed by atoms with Crippen LogP contribution in [0.1, 0.15) is 31.7 Å². The van der Waals surface area contributed by atoms with E-state index in [-0.39, 0.29) is 12.5 Å². The minimum Gasteiger partial charge on any atom is -0.396 e. The van der Waals surface area contributed by atoms with Crippen molar-refractivity contribution in [3.05, 3.63) is 29.8 Å². The number of piperidine rings is 1. The molecule has 1 unspecified atom stereocenters. The smallest absolute Gasteiger partial charge is 0.238 e. The molecule has 2 rings (SSSR count). The fraction of sp³-hybridized carbons (Fsp3) is 0.588. The lowest BCUT2D eigenvalue weighted by Crippen LogP contribution is -2.41. The molecule has 1 amide bonds. The number of amides is 1. The molecule has 21 heavy (non-hydrogen) atoms. The fourth-order valence-electron chi connectivity index (χ4n) is 2.89. The number of nitrogens with one attached hydrogen (secondary N) is 1. The van der Waals surface area contributed by atoms with Gasteiger partial charge in [-0.3, -0.25) is 9.69 Å². The number of hydrogen-bond donors (Lipinski definition) is 2. The van der Waals surface area contributed by atoms with Gasteiger partial charge in [-0.05, 0) is 49.4 Å². The van der Waals surface area contributed by atoms with Crippen molar-refractivity contribution in [2.45, 2.75) is 32.6 Å². The van der Waals surface area contributed by atoms with Crippen LogP contribution in [0.15, 0.2) is 24.3 Å². The van der Waals surface area contributed by atoms with E-state index in [0.717, 1.165) is 44.5 Å². The van der Waals surface area contributed by atoms with E-state index < -0.39 is 0 Å². The number of anilines is 1. The third kappa shape index (κ3) is 5.14. The summed E-state index contributed by atoms with van der Waals surface area (Å²) in [5.74, 6) is 0.344. The molecular weight excluding hydrogens is 264 g/mol. The molecular formula is C17H26N2O2. The molecule has 4 heteroatoms. The topological polar surface area (TPSA) is 52.6 Å². The van der Waals surface area contributed by atoms with Gasteiger partial charge in [-0.1, -0.05) is 25.5 Å². The minimum atomic E-state index is 0.0248. The highest BCUT2D eigenvalue weighted by Gasteiger charge is 2.20. The molecule has 0 radical (unpaired) electrons. The van der Waals surface area contributed by atoms with Gasteiger partial charge in [0, 0.05) is 18.8 Å². The van der Waals surface area contributed by atoms with Crippen LogP contribution in [0.5, 0.6) is 0 Å². The number of likely N-dealkylation sites (tertiary alicyclic amines) is 1. The Labute approximate surface area is 127 Å². The number of rotatable bonds is 6. The number of hydrogen-bond acceptors (Lipinski definition) is 3. The van der Waals surface area contributed by atoms with Crippen molar-refractivity contribution in [2.75, 3.05) is 31.6 Å². The Balaban J connectivity index is 1.81. The highest BCUT2D eigenvalue weighted by molar-refractivity contribution is 5.92. The van der Waals surface area contributed by atoms with Crippen molar-refractivity contribution >= 4 is 11.6 Å². The lowest BCUT2D eigenvalue weighted by molar-refractivity contribution is -0.117. The Kier molecular flexibility index (Phi) is 6.21. The molecule has 1 aromatic rings. The molecule has 116 valence electrons. The Morgan fingerprint density at radius 1 is 1.38 bits per heavy atom. The first-order chi connectivity index (χ1) is 10.2. The molecule has 1 heterocycles. The summed E-state index contributed by atoms with van der Waals surface area (Å²) in [5, 5.41) is 12.2. The van der Waals surface area contributed by atoms with Crippen LogP contribution in [-0.4, -0.2) is 42.2 Å². The third-order valence-electron chi connectivity index (χ3n) is 4.00. The highest BCUT2D eigenvalue weighted by atomic mass is 16.3. The number of carbonyl (C=O) groups is 1. The van der Waals surface area contributed by atoms with Crippen LogP contribution < -0.4 is 5.32 Å². The summed E-state index contributed by atoms with van der Waals surface area (Å²) in [7, 11) is 0. The maximum absolute atomic E-state index is 12.1. The molecule has 0 saturated carbocycles. The normalized spacial score (nSPS) is 19.4. The van der Waals surface area contributed by atoms with Gasteiger partial charge in [0.1, 0.15) is 0 Å². The monoisotopic (exact) mass is 290 g/mol. The summed E-state index contributed by atoms with van der Waals surface area (Å²) in [6.45, 7) is 4.55. The summed E-state index contributed by atoms with van der Waals surface area (Å²) in [5.41, 5.74) is 2.16. The third-order valence-corrected chi connectivity index (χ3v) is 4.00. The largest absolute Gasteiger partial charge is 0.396 e. The number of benzene rings is 1. The molecule has 0 spiro atoms. The first-order valence-corrected chi connectivity index (χ1v) is 7.93. The number of aliphatic hydroxyl groups excluding tert-OH is 1. The Bertz CT molecular complexity index is 445. The van der Waals surface area contributed by atoms with Gasteiger partial charge in [-0.2, -0.15) is 0 Å². The van der Waals surface area contributed by atoms with Gasteiger partial charge in [0.25, 0.3) is 0 Å². The summed E-state index contributed by atoms with van der Waals surface area (Å²) in [6.07, 6.45) is 4.33. The zero-order valence-corrected chi connectivity index (χ0v) is 12.8. The zero-order valence-electron chi connectivity index (χ0n) is 12.8. The molecule has 1 saturated heterocycles. The lowest BCUT2D eigenvalue weighted by Gasteiger charge is -2.31. The van der Waals surface area contributed by atoms with Gasteiger partial charge < -0.3 is 10.4 Å². The minimum absolute atomic E-state index is 0.0248. The van der Waals surface area contributed by atoms with Gasteiger partial charge >= 0.3 is 0 Å². The molecule has 0 aromatic heterocycles. The highest BCUT2D eigenvalue weighted by Crippen LogP contribution is 2.16. The van der Waals surface area contributed by atoms with Gasteiger partial charge in [-0.25, -0.2) is 0 Å². The number of nitrogens with zero attached hydrogens (tertiary/aromatic N) is 1. The van der Waals surface area contributed by atoms with Crippen molar-refractivity contribution in [2.24, 2.45) is 5.92 Å². The average Bonchev–Trinajstić information content (AvgIpc) is 2.49. The Hall–Kier alpha value is -1.39. The fourth-order valence-corrected chi connectivity index (χ4v) is 2.89.